The Morgan fingerprint density at radius 1 is 1.06 bits per heavy atom. The molecule has 2 rings (SSSR count). The van der Waals surface area contributed by atoms with Gasteiger partial charge in [0.15, 0.2) is 0 Å². The lowest BCUT2D eigenvalue weighted by Crippen LogP contribution is -2.47. The summed E-state index contributed by atoms with van der Waals surface area (Å²) in [7, 11) is 0. The Morgan fingerprint density at radius 3 is 2.28 bits per heavy atom. The fourth-order valence-electron chi connectivity index (χ4n) is 3.43. The third-order valence-corrected chi connectivity index (χ3v) is 5.33. The van der Waals surface area contributed by atoms with Crippen LogP contribution in [-0.4, -0.2) is 54.3 Å². The van der Waals surface area contributed by atoms with Crippen LogP contribution in [0.2, 0.25) is 0 Å². The molecular formula is C15H30N2S. The molecule has 1 atom stereocenters. The molecule has 2 heterocycles. The second-order valence-electron chi connectivity index (χ2n) is 6.09. The molecule has 18 heavy (non-hydrogen) atoms. The van der Waals surface area contributed by atoms with Gasteiger partial charge in [0.05, 0.1) is 0 Å². The van der Waals surface area contributed by atoms with Gasteiger partial charge in [0.25, 0.3) is 0 Å². The predicted octanol–water partition coefficient (Wildman–Crippen LogP) is 2.89. The summed E-state index contributed by atoms with van der Waals surface area (Å²) in [6, 6.07) is 0.887. The summed E-state index contributed by atoms with van der Waals surface area (Å²) in [5, 5.41) is 0. The summed E-state index contributed by atoms with van der Waals surface area (Å²) in [5.74, 6) is 1.84. The molecular weight excluding hydrogens is 240 g/mol. The molecule has 3 heteroatoms. The van der Waals surface area contributed by atoms with Crippen molar-refractivity contribution in [3.8, 4) is 0 Å². The number of hydrogen-bond acceptors (Lipinski definition) is 3. The van der Waals surface area contributed by atoms with Crippen LogP contribution >= 0.6 is 12.6 Å². The molecule has 0 saturated carbocycles. The molecule has 2 nitrogen and oxygen atoms in total. The molecule has 0 radical (unpaired) electrons. The van der Waals surface area contributed by atoms with E-state index in [4.69, 9.17) is 0 Å². The van der Waals surface area contributed by atoms with Crippen LogP contribution in [0, 0.1) is 5.92 Å². The summed E-state index contributed by atoms with van der Waals surface area (Å²) >= 11 is 4.46. The van der Waals surface area contributed by atoms with Crippen LogP contribution in [0.5, 0.6) is 0 Å². The zero-order valence-corrected chi connectivity index (χ0v) is 12.9. The maximum absolute atomic E-state index is 4.46. The number of nitrogens with zero attached hydrogens (tertiary/aromatic N) is 2. The molecule has 2 saturated heterocycles. The maximum Gasteiger partial charge on any atom is 0.0120 e. The van der Waals surface area contributed by atoms with Gasteiger partial charge in [0.2, 0.25) is 0 Å². The molecule has 2 aliphatic rings. The van der Waals surface area contributed by atoms with E-state index < -0.39 is 0 Å². The highest BCUT2D eigenvalue weighted by Gasteiger charge is 2.26. The summed E-state index contributed by atoms with van der Waals surface area (Å²) < 4.78 is 0. The highest BCUT2D eigenvalue weighted by atomic mass is 32.1. The monoisotopic (exact) mass is 270 g/mol. The average molecular weight is 270 g/mol. The van der Waals surface area contributed by atoms with Crippen molar-refractivity contribution in [1.82, 2.24) is 9.80 Å². The quantitative estimate of drug-likeness (QED) is 0.768. The average Bonchev–Trinajstić information content (AvgIpc) is 2.46. The molecule has 2 aliphatic heterocycles. The van der Waals surface area contributed by atoms with Crippen molar-refractivity contribution < 1.29 is 0 Å². The van der Waals surface area contributed by atoms with Crippen LogP contribution in [0.15, 0.2) is 0 Å². The van der Waals surface area contributed by atoms with Crippen molar-refractivity contribution in [3.63, 3.8) is 0 Å². The Kier molecular flexibility index (Phi) is 6.33. The van der Waals surface area contributed by atoms with E-state index in [0.29, 0.717) is 0 Å². The first kappa shape index (κ1) is 14.7. The smallest absolute Gasteiger partial charge is 0.0120 e. The Labute approximate surface area is 119 Å². The molecule has 2 fully saturated rings. The number of thiol groups is 1. The fraction of sp³-hybridized carbons (Fsp3) is 1.00. The van der Waals surface area contributed by atoms with Gasteiger partial charge in [-0.1, -0.05) is 19.8 Å². The first-order valence-corrected chi connectivity index (χ1v) is 8.54. The summed E-state index contributed by atoms with van der Waals surface area (Å²) in [5.41, 5.74) is 0. The van der Waals surface area contributed by atoms with Crippen LogP contribution in [-0.2, 0) is 0 Å². The van der Waals surface area contributed by atoms with Crippen LogP contribution in [0.25, 0.3) is 0 Å². The second-order valence-corrected chi connectivity index (χ2v) is 6.45. The van der Waals surface area contributed by atoms with Gasteiger partial charge in [-0.25, -0.2) is 0 Å². The first-order chi connectivity index (χ1) is 8.83. The first-order valence-electron chi connectivity index (χ1n) is 7.90. The van der Waals surface area contributed by atoms with Crippen LogP contribution in [0.4, 0.5) is 0 Å². The predicted molar refractivity (Wildman–Crippen MR) is 82.5 cm³/mol. The summed E-state index contributed by atoms with van der Waals surface area (Å²) in [4.78, 5) is 5.43. The minimum atomic E-state index is 0.792. The molecule has 0 aromatic heterocycles. The van der Waals surface area contributed by atoms with Crippen molar-refractivity contribution in [2.24, 2.45) is 5.92 Å². The number of rotatable bonds is 5. The Bertz CT molecular complexity index is 217. The van der Waals surface area contributed by atoms with E-state index in [0.717, 1.165) is 17.7 Å². The molecule has 106 valence electrons. The van der Waals surface area contributed by atoms with Crippen molar-refractivity contribution in [3.05, 3.63) is 0 Å². The molecule has 0 aliphatic carbocycles. The van der Waals surface area contributed by atoms with Gasteiger partial charge in [-0.05, 0) is 63.5 Å². The van der Waals surface area contributed by atoms with Gasteiger partial charge in [-0.15, -0.1) is 0 Å². The number of piperidine rings is 2. The highest BCUT2D eigenvalue weighted by molar-refractivity contribution is 7.80. The number of hydrogen-bond donors (Lipinski definition) is 1. The lowest BCUT2D eigenvalue weighted by Gasteiger charge is -2.40. The van der Waals surface area contributed by atoms with E-state index >= 15 is 0 Å². The van der Waals surface area contributed by atoms with Crippen molar-refractivity contribution >= 4 is 12.6 Å². The normalized spacial score (nSPS) is 26.3. The molecule has 0 amide bonds. The van der Waals surface area contributed by atoms with Crippen molar-refractivity contribution in [2.45, 2.75) is 51.5 Å². The zero-order valence-electron chi connectivity index (χ0n) is 12.0. The second kappa shape index (κ2) is 7.76. The molecule has 0 N–H and O–H groups in total. The summed E-state index contributed by atoms with van der Waals surface area (Å²) in [6.07, 6.45) is 8.37. The van der Waals surface area contributed by atoms with E-state index in [1.807, 2.05) is 0 Å². The summed E-state index contributed by atoms with van der Waals surface area (Å²) in [6.45, 7) is 8.91. The van der Waals surface area contributed by atoms with Crippen molar-refractivity contribution in [1.29, 1.82) is 0 Å². The topological polar surface area (TPSA) is 6.48 Å². The van der Waals surface area contributed by atoms with Gasteiger partial charge < -0.3 is 9.80 Å². The fourth-order valence-corrected chi connectivity index (χ4v) is 3.81. The van der Waals surface area contributed by atoms with Gasteiger partial charge in [-0.2, -0.15) is 12.6 Å². The molecule has 0 aromatic carbocycles. The molecule has 0 aromatic rings. The number of likely N-dealkylation sites (tertiary alicyclic amines) is 2. The largest absolute Gasteiger partial charge is 0.303 e. The maximum atomic E-state index is 4.46. The minimum absolute atomic E-state index is 0.792. The third kappa shape index (κ3) is 4.14. The van der Waals surface area contributed by atoms with Crippen LogP contribution in [0.3, 0.4) is 0 Å². The van der Waals surface area contributed by atoms with E-state index in [9.17, 15) is 0 Å². The van der Waals surface area contributed by atoms with Gasteiger partial charge >= 0.3 is 0 Å². The Morgan fingerprint density at radius 2 is 1.72 bits per heavy atom. The minimum Gasteiger partial charge on any atom is -0.303 e. The molecule has 0 bridgehead atoms. The standard InChI is InChI=1S/C15H30N2S/c1-2-14(13-18)12-16-10-6-15(7-11-16)17-8-4-3-5-9-17/h14-15,18H,2-13H2,1H3. The van der Waals surface area contributed by atoms with Gasteiger partial charge in [0, 0.05) is 12.6 Å². The lowest BCUT2D eigenvalue weighted by molar-refractivity contribution is 0.0866. The molecule has 1 unspecified atom stereocenters. The zero-order chi connectivity index (χ0) is 12.8. The van der Waals surface area contributed by atoms with Gasteiger partial charge in [-0.3, -0.25) is 0 Å². The van der Waals surface area contributed by atoms with Crippen LogP contribution < -0.4 is 0 Å². The van der Waals surface area contributed by atoms with Crippen molar-refractivity contribution in [2.75, 3.05) is 38.5 Å². The SMILES string of the molecule is CCC(CS)CN1CCC(N2CCCCC2)CC1. The Balaban J connectivity index is 1.70. The highest BCUT2D eigenvalue weighted by Crippen LogP contribution is 2.21. The van der Waals surface area contributed by atoms with Gasteiger partial charge in [0.1, 0.15) is 0 Å². The lowest BCUT2D eigenvalue weighted by atomic mass is 9.98. The van der Waals surface area contributed by atoms with E-state index in [1.54, 1.807) is 0 Å². The molecule has 0 spiro atoms. The Hall–Kier alpha value is 0.270. The van der Waals surface area contributed by atoms with E-state index in [-0.39, 0.29) is 0 Å². The van der Waals surface area contributed by atoms with Crippen LogP contribution in [0.1, 0.15) is 45.4 Å². The van der Waals surface area contributed by atoms with E-state index in [2.05, 4.69) is 29.4 Å². The third-order valence-electron chi connectivity index (χ3n) is 4.82. The van der Waals surface area contributed by atoms with E-state index in [1.165, 1.54) is 71.2 Å².